The minimum absolute atomic E-state index is 0.258. The van der Waals surface area contributed by atoms with Gasteiger partial charge in [-0.05, 0) is 24.4 Å². The van der Waals surface area contributed by atoms with E-state index in [0.29, 0.717) is 30.6 Å². The van der Waals surface area contributed by atoms with E-state index >= 15 is 0 Å². The Labute approximate surface area is 134 Å². The standard InChI is InChI=1S/C15H16N4O2S/c22-15(21-13-4-2-1-3-5-13)18-12-10-16-14(17-11-12)19-6-8-20-9-7-19/h1-5,10-11H,6-9H2,(H,18,22). The van der Waals surface area contributed by atoms with Crippen molar-refractivity contribution in [2.45, 2.75) is 0 Å². The molecule has 0 radical (unpaired) electrons. The second kappa shape index (κ2) is 7.15. The van der Waals surface area contributed by atoms with Crippen LogP contribution in [0.3, 0.4) is 0 Å². The van der Waals surface area contributed by atoms with E-state index < -0.39 is 0 Å². The van der Waals surface area contributed by atoms with E-state index in [1.807, 2.05) is 30.3 Å². The average molecular weight is 316 g/mol. The molecule has 1 aromatic carbocycles. The van der Waals surface area contributed by atoms with E-state index in [4.69, 9.17) is 21.7 Å². The molecular weight excluding hydrogens is 300 g/mol. The third-order valence-electron chi connectivity index (χ3n) is 3.13. The topological polar surface area (TPSA) is 59.5 Å². The summed E-state index contributed by atoms with van der Waals surface area (Å²) in [6.07, 6.45) is 3.39. The van der Waals surface area contributed by atoms with Gasteiger partial charge in [0, 0.05) is 13.1 Å². The largest absolute Gasteiger partial charge is 0.432 e. The summed E-state index contributed by atoms with van der Waals surface area (Å²) in [7, 11) is 0. The van der Waals surface area contributed by atoms with Crippen LogP contribution in [0.25, 0.3) is 0 Å². The fourth-order valence-corrected chi connectivity index (χ4v) is 2.27. The van der Waals surface area contributed by atoms with E-state index in [0.717, 1.165) is 13.1 Å². The average Bonchev–Trinajstić information content (AvgIpc) is 2.57. The summed E-state index contributed by atoms with van der Waals surface area (Å²) >= 11 is 5.16. The third kappa shape index (κ3) is 3.90. The molecule has 2 aromatic rings. The van der Waals surface area contributed by atoms with Crippen LogP contribution in [0.5, 0.6) is 5.75 Å². The minimum Gasteiger partial charge on any atom is -0.432 e. The van der Waals surface area contributed by atoms with Crippen molar-refractivity contribution in [1.29, 1.82) is 0 Å². The quantitative estimate of drug-likeness (QED) is 0.870. The third-order valence-corrected chi connectivity index (χ3v) is 3.32. The van der Waals surface area contributed by atoms with E-state index in [1.54, 1.807) is 12.4 Å². The highest BCUT2D eigenvalue weighted by Gasteiger charge is 2.13. The molecule has 0 spiro atoms. The molecule has 7 heteroatoms. The van der Waals surface area contributed by atoms with Crippen LogP contribution >= 0.6 is 12.2 Å². The zero-order valence-electron chi connectivity index (χ0n) is 11.9. The van der Waals surface area contributed by atoms with E-state index in [2.05, 4.69) is 20.2 Å². The Balaban J connectivity index is 1.57. The number of nitrogens with one attached hydrogen (secondary N) is 1. The van der Waals surface area contributed by atoms with E-state index in [1.165, 1.54) is 0 Å². The highest BCUT2D eigenvalue weighted by Crippen LogP contribution is 2.13. The molecule has 0 bridgehead atoms. The van der Waals surface area contributed by atoms with Crippen LogP contribution in [0.4, 0.5) is 11.6 Å². The Bertz CT molecular complexity index is 615. The number of anilines is 2. The lowest BCUT2D eigenvalue weighted by molar-refractivity contribution is 0.122. The molecule has 1 aliphatic rings. The summed E-state index contributed by atoms with van der Waals surface area (Å²) in [4.78, 5) is 10.8. The first kappa shape index (κ1) is 14.7. The minimum atomic E-state index is 0.258. The van der Waals surface area contributed by atoms with Gasteiger partial charge in [-0.3, -0.25) is 0 Å². The van der Waals surface area contributed by atoms with Gasteiger partial charge in [0.1, 0.15) is 5.75 Å². The van der Waals surface area contributed by atoms with Crippen LogP contribution < -0.4 is 15.0 Å². The predicted molar refractivity (Wildman–Crippen MR) is 88.4 cm³/mol. The Morgan fingerprint density at radius 3 is 2.50 bits per heavy atom. The molecule has 0 unspecified atom stereocenters. The van der Waals surface area contributed by atoms with Crippen molar-refractivity contribution in [2.75, 3.05) is 36.5 Å². The number of morpholine rings is 1. The first-order valence-corrected chi connectivity index (χ1v) is 7.41. The number of hydrogen-bond acceptors (Lipinski definition) is 6. The second-order valence-electron chi connectivity index (χ2n) is 4.70. The van der Waals surface area contributed by atoms with Gasteiger partial charge in [-0.15, -0.1) is 0 Å². The Morgan fingerprint density at radius 1 is 1.14 bits per heavy atom. The molecule has 0 amide bonds. The fourth-order valence-electron chi connectivity index (χ4n) is 2.05. The lowest BCUT2D eigenvalue weighted by Gasteiger charge is -2.26. The highest BCUT2D eigenvalue weighted by molar-refractivity contribution is 7.80. The number of ether oxygens (including phenoxy) is 2. The van der Waals surface area contributed by atoms with Gasteiger partial charge in [-0.2, -0.15) is 0 Å². The summed E-state index contributed by atoms with van der Waals surface area (Å²) < 4.78 is 10.8. The molecule has 1 aromatic heterocycles. The zero-order valence-corrected chi connectivity index (χ0v) is 12.8. The lowest BCUT2D eigenvalue weighted by atomic mass is 10.3. The molecule has 0 atom stereocenters. The summed E-state index contributed by atoms with van der Waals surface area (Å²) in [5.74, 6) is 1.38. The number of benzene rings is 1. The van der Waals surface area contributed by atoms with E-state index in [9.17, 15) is 0 Å². The molecule has 1 fully saturated rings. The zero-order chi connectivity index (χ0) is 15.2. The van der Waals surface area contributed by atoms with Gasteiger partial charge in [-0.25, -0.2) is 9.97 Å². The molecule has 0 saturated carbocycles. The molecule has 22 heavy (non-hydrogen) atoms. The van der Waals surface area contributed by atoms with E-state index in [-0.39, 0.29) is 5.17 Å². The first-order valence-electron chi connectivity index (χ1n) is 7.00. The van der Waals surface area contributed by atoms with Crippen LogP contribution in [0.1, 0.15) is 0 Å². The van der Waals surface area contributed by atoms with Crippen molar-refractivity contribution in [3.63, 3.8) is 0 Å². The van der Waals surface area contributed by atoms with Crippen molar-refractivity contribution in [3.05, 3.63) is 42.7 Å². The van der Waals surface area contributed by atoms with Gasteiger partial charge in [0.15, 0.2) is 0 Å². The number of thiocarbonyl (C=S) groups is 1. The van der Waals surface area contributed by atoms with Gasteiger partial charge >= 0.3 is 0 Å². The molecular formula is C15H16N4O2S. The number of aromatic nitrogens is 2. The van der Waals surface area contributed by atoms with Crippen molar-refractivity contribution >= 4 is 29.0 Å². The number of rotatable bonds is 3. The van der Waals surface area contributed by atoms with Crippen molar-refractivity contribution in [1.82, 2.24) is 9.97 Å². The van der Waals surface area contributed by atoms with Crippen LogP contribution in [0, 0.1) is 0 Å². The van der Waals surface area contributed by atoms with Gasteiger partial charge in [0.05, 0.1) is 31.3 Å². The Hall–Kier alpha value is -2.25. The molecule has 6 nitrogen and oxygen atoms in total. The SMILES string of the molecule is S=C(Nc1cnc(N2CCOCC2)nc1)Oc1ccccc1. The van der Waals surface area contributed by atoms with Crippen LogP contribution in [-0.2, 0) is 4.74 Å². The van der Waals surface area contributed by atoms with Crippen LogP contribution in [0.2, 0.25) is 0 Å². The number of nitrogens with zero attached hydrogens (tertiary/aromatic N) is 3. The van der Waals surface area contributed by atoms with Gasteiger partial charge in [0.25, 0.3) is 5.17 Å². The van der Waals surface area contributed by atoms with Gasteiger partial charge in [-0.1, -0.05) is 18.2 Å². The Morgan fingerprint density at radius 2 is 1.82 bits per heavy atom. The van der Waals surface area contributed by atoms with Gasteiger partial charge < -0.3 is 19.7 Å². The normalized spacial score (nSPS) is 14.5. The first-order chi connectivity index (χ1) is 10.8. The molecule has 114 valence electrons. The fraction of sp³-hybridized carbons (Fsp3) is 0.267. The maximum Gasteiger partial charge on any atom is 0.266 e. The molecule has 1 N–H and O–H groups in total. The Kier molecular flexibility index (Phi) is 4.77. The maximum absolute atomic E-state index is 5.50. The van der Waals surface area contributed by atoms with Crippen LogP contribution in [0.15, 0.2) is 42.7 Å². The summed E-state index contributed by atoms with van der Waals surface area (Å²) in [6.45, 7) is 3.03. The number of hydrogen-bond donors (Lipinski definition) is 1. The maximum atomic E-state index is 5.50. The highest BCUT2D eigenvalue weighted by atomic mass is 32.1. The lowest BCUT2D eigenvalue weighted by Crippen LogP contribution is -2.37. The molecule has 2 heterocycles. The molecule has 3 rings (SSSR count). The molecule has 1 aliphatic heterocycles. The summed E-state index contributed by atoms with van der Waals surface area (Å²) in [6, 6.07) is 9.37. The number of para-hydroxylation sites is 1. The summed E-state index contributed by atoms with van der Waals surface area (Å²) in [5.41, 5.74) is 0.693. The van der Waals surface area contributed by atoms with Crippen molar-refractivity contribution < 1.29 is 9.47 Å². The molecule has 1 saturated heterocycles. The summed E-state index contributed by atoms with van der Waals surface area (Å²) in [5, 5.41) is 3.22. The van der Waals surface area contributed by atoms with Gasteiger partial charge in [0.2, 0.25) is 5.95 Å². The predicted octanol–water partition coefficient (Wildman–Crippen LogP) is 2.09. The van der Waals surface area contributed by atoms with Crippen molar-refractivity contribution in [3.8, 4) is 5.75 Å². The monoisotopic (exact) mass is 316 g/mol. The molecule has 0 aliphatic carbocycles. The van der Waals surface area contributed by atoms with Crippen LogP contribution in [-0.4, -0.2) is 41.4 Å². The smallest absolute Gasteiger partial charge is 0.266 e. The second-order valence-corrected chi connectivity index (χ2v) is 5.07. The van der Waals surface area contributed by atoms with Crippen molar-refractivity contribution in [2.24, 2.45) is 0 Å².